The zero-order chi connectivity index (χ0) is 27.3. The van der Waals surface area contributed by atoms with E-state index in [2.05, 4.69) is 23.2 Å². The fourth-order valence-electron chi connectivity index (χ4n) is 1.53. The Morgan fingerprint density at radius 2 is 0.727 bits per heavy atom. The molecule has 200 valence electrons. The van der Waals surface area contributed by atoms with E-state index >= 15 is 0 Å². The third-order valence-corrected chi connectivity index (χ3v) is 4.00. The first-order valence-corrected chi connectivity index (χ1v) is 8.98. The van der Waals surface area contributed by atoms with Crippen LogP contribution in [-0.2, 0) is 18.8 Å². The molecule has 0 aliphatic carbocycles. The van der Waals surface area contributed by atoms with Crippen LogP contribution in [0.4, 0.5) is 70.2 Å². The summed E-state index contributed by atoms with van der Waals surface area (Å²) in [5.41, 5.74) is 0. The molecule has 0 saturated heterocycles. The smallest absolute Gasteiger partial charge is 0.199 e. The number of rotatable bonds is 12. The monoisotopic (exact) mass is 594 g/mol. The normalized spacial score (nSPS) is 16.3. The summed E-state index contributed by atoms with van der Waals surface area (Å²) in [4.78, 5) is 0. The quantitative estimate of drug-likeness (QED) is 0.193. The van der Waals surface area contributed by atoms with Crippen LogP contribution in [-0.4, -0.2) is 55.1 Å². The van der Waals surface area contributed by atoms with Gasteiger partial charge in [0.2, 0.25) is 0 Å². The van der Waals surface area contributed by atoms with Gasteiger partial charge < -0.3 is 0 Å². The van der Waals surface area contributed by atoms with Crippen molar-refractivity contribution in [1.82, 2.24) is 0 Å². The number of hydrogen-bond acceptors (Lipinski definition) is 4. The lowest BCUT2D eigenvalue weighted by atomic mass is 10.1. The molecule has 0 spiro atoms. The molecule has 0 aromatic heterocycles. The highest BCUT2D eigenvalue weighted by Crippen LogP contribution is 2.54. The third kappa shape index (κ3) is 7.66. The van der Waals surface area contributed by atoms with Crippen molar-refractivity contribution >= 4 is 33.6 Å². The van der Waals surface area contributed by atoms with E-state index < -0.39 is 69.9 Å². The summed E-state index contributed by atoms with van der Waals surface area (Å²) < 4.78 is 232. The molecule has 0 heterocycles. The first-order valence-electron chi connectivity index (χ1n) is 6.89. The number of alkyl halides is 18. The summed E-state index contributed by atoms with van der Waals surface area (Å²) in [6.45, 7) is 0. The molecular weight excluding hydrogens is 591 g/mol. The first kappa shape index (κ1) is 32.3. The van der Waals surface area contributed by atoms with E-state index in [1.54, 1.807) is 8.37 Å². The highest BCUT2D eigenvalue weighted by Gasteiger charge is 2.78. The Labute approximate surface area is 181 Å². The average molecular weight is 595 g/mol. The predicted molar refractivity (Wildman–Crippen MR) is 71.6 cm³/mol. The first-order chi connectivity index (χ1) is 13.8. The maximum absolute atomic E-state index is 13.2. The topological polar surface area (TPSA) is 52.6 Å². The lowest BCUT2D eigenvalue weighted by molar-refractivity contribution is -0.391. The standard InChI is InChI=1S/C10H4Cl2F16O4S/c11-5(17,18)1-3(13,14)7(21,22)9(25,26)31-33(29,30)32-10(27,28)8(23,24)4(15,16)2-6(12,19)20/h1-2H2. The van der Waals surface area contributed by atoms with Crippen molar-refractivity contribution in [1.29, 1.82) is 0 Å². The second kappa shape index (κ2) is 8.77. The van der Waals surface area contributed by atoms with Crippen LogP contribution in [0.25, 0.3) is 0 Å². The molecule has 0 rings (SSSR count). The summed E-state index contributed by atoms with van der Waals surface area (Å²) in [7, 11) is -7.84. The van der Waals surface area contributed by atoms with Crippen molar-refractivity contribution in [2.45, 2.75) is 59.5 Å². The van der Waals surface area contributed by atoms with Gasteiger partial charge in [-0.15, -0.1) is 0 Å². The Morgan fingerprint density at radius 1 is 0.515 bits per heavy atom. The van der Waals surface area contributed by atoms with Crippen LogP contribution in [0, 0.1) is 0 Å². The van der Waals surface area contributed by atoms with Gasteiger partial charge >= 0.3 is 57.1 Å². The van der Waals surface area contributed by atoms with Gasteiger partial charge in [-0.2, -0.15) is 87.0 Å². The third-order valence-electron chi connectivity index (χ3n) is 2.91. The van der Waals surface area contributed by atoms with Crippen molar-refractivity contribution in [3.05, 3.63) is 0 Å². The molecule has 0 aromatic carbocycles. The van der Waals surface area contributed by atoms with Gasteiger partial charge in [-0.3, -0.25) is 0 Å². The summed E-state index contributed by atoms with van der Waals surface area (Å²) in [5.74, 6) is -28.1. The molecule has 4 nitrogen and oxygen atoms in total. The van der Waals surface area contributed by atoms with Gasteiger partial charge in [0.15, 0.2) is 0 Å². The van der Waals surface area contributed by atoms with Crippen molar-refractivity contribution in [3.8, 4) is 0 Å². The number of halogens is 18. The molecule has 33 heavy (non-hydrogen) atoms. The van der Waals surface area contributed by atoms with Gasteiger partial charge in [-0.05, 0) is 23.2 Å². The van der Waals surface area contributed by atoms with Crippen LogP contribution < -0.4 is 0 Å². The lowest BCUT2D eigenvalue weighted by Crippen LogP contribution is -2.59. The Hall–Kier alpha value is -0.670. The van der Waals surface area contributed by atoms with E-state index in [4.69, 9.17) is 0 Å². The minimum Gasteiger partial charge on any atom is -0.199 e. The fourth-order valence-corrected chi connectivity index (χ4v) is 2.62. The van der Waals surface area contributed by atoms with Crippen molar-refractivity contribution < 1.29 is 87.0 Å². The van der Waals surface area contributed by atoms with E-state index in [-0.39, 0.29) is 0 Å². The molecule has 0 aliphatic heterocycles. The van der Waals surface area contributed by atoms with Crippen LogP contribution in [0.3, 0.4) is 0 Å². The molecule has 0 unspecified atom stereocenters. The van der Waals surface area contributed by atoms with E-state index in [9.17, 15) is 78.7 Å². The minimum atomic E-state index is -7.84. The SMILES string of the molecule is O=S(=O)(OC(F)(F)C(F)(F)C(F)(F)CC(F)(F)Cl)OC(F)(F)C(F)(F)C(F)(F)CC(F)(F)Cl. The minimum absolute atomic E-state index is 1.80. The Balaban J connectivity index is 6.01. The van der Waals surface area contributed by atoms with Crippen molar-refractivity contribution in [2.24, 2.45) is 0 Å². The van der Waals surface area contributed by atoms with Gasteiger partial charge in [0.1, 0.15) is 0 Å². The van der Waals surface area contributed by atoms with Crippen LogP contribution >= 0.6 is 23.2 Å². The zero-order valence-corrected chi connectivity index (χ0v) is 16.6. The second-order valence-corrected chi connectivity index (χ2v) is 8.01. The van der Waals surface area contributed by atoms with Crippen molar-refractivity contribution in [3.63, 3.8) is 0 Å². The average Bonchev–Trinajstić information content (AvgIpc) is 2.38. The Morgan fingerprint density at radius 3 is 0.909 bits per heavy atom. The summed E-state index contributed by atoms with van der Waals surface area (Å²) in [5, 5.41) is -10.7. The summed E-state index contributed by atoms with van der Waals surface area (Å²) in [6, 6.07) is 0. The maximum Gasteiger partial charge on any atom is 0.441 e. The van der Waals surface area contributed by atoms with E-state index in [1.807, 2.05) is 0 Å². The molecule has 0 aliphatic rings. The Kier molecular flexibility index (Phi) is 8.59. The molecule has 0 N–H and O–H groups in total. The zero-order valence-electron chi connectivity index (χ0n) is 14.3. The van der Waals surface area contributed by atoms with E-state index in [0.29, 0.717) is 0 Å². The van der Waals surface area contributed by atoms with Crippen LogP contribution in [0.5, 0.6) is 0 Å². The summed E-state index contributed by atoms with van der Waals surface area (Å²) >= 11 is 7.68. The molecule has 0 fully saturated rings. The number of hydrogen-bond donors (Lipinski definition) is 0. The fraction of sp³-hybridized carbons (Fsp3) is 1.00. The molecule has 0 bridgehead atoms. The highest BCUT2D eigenvalue weighted by molar-refractivity contribution is 7.81. The van der Waals surface area contributed by atoms with Crippen molar-refractivity contribution in [2.75, 3.05) is 0 Å². The second-order valence-electron chi connectivity index (χ2n) is 5.75. The molecule has 0 atom stereocenters. The van der Waals surface area contributed by atoms with Gasteiger partial charge in [0.05, 0.1) is 12.8 Å². The van der Waals surface area contributed by atoms with Gasteiger partial charge in [-0.25, -0.2) is 0 Å². The summed E-state index contributed by atoms with van der Waals surface area (Å²) in [6.07, 6.45) is -22.0. The van der Waals surface area contributed by atoms with Crippen LogP contribution in [0.2, 0.25) is 0 Å². The molecule has 23 heteroatoms. The van der Waals surface area contributed by atoms with Gasteiger partial charge in [0, 0.05) is 0 Å². The largest absolute Gasteiger partial charge is 0.441 e. The predicted octanol–water partition coefficient (Wildman–Crippen LogP) is 6.43. The highest BCUT2D eigenvalue weighted by atomic mass is 35.5. The van der Waals surface area contributed by atoms with Gasteiger partial charge in [-0.1, -0.05) is 0 Å². The molecule has 0 amide bonds. The molecule has 0 saturated carbocycles. The van der Waals surface area contributed by atoms with Crippen LogP contribution in [0.1, 0.15) is 12.8 Å². The van der Waals surface area contributed by atoms with Crippen LogP contribution in [0.15, 0.2) is 0 Å². The molecule has 0 radical (unpaired) electrons. The van der Waals surface area contributed by atoms with E-state index in [0.717, 1.165) is 0 Å². The molecule has 0 aromatic rings. The maximum atomic E-state index is 13.2. The van der Waals surface area contributed by atoms with Gasteiger partial charge in [0.25, 0.3) is 0 Å². The Bertz CT molecular complexity index is 743. The van der Waals surface area contributed by atoms with E-state index in [1.165, 1.54) is 0 Å². The lowest BCUT2D eigenvalue weighted by Gasteiger charge is -2.34. The molecular formula is C10H4Cl2F16O4S.